The number of aromatic nitrogens is 2. The Morgan fingerprint density at radius 2 is 2.00 bits per heavy atom. The van der Waals surface area contributed by atoms with Crippen molar-refractivity contribution in [2.75, 3.05) is 13.1 Å². The van der Waals surface area contributed by atoms with Crippen molar-refractivity contribution in [1.82, 2.24) is 14.9 Å². The van der Waals surface area contributed by atoms with E-state index < -0.39 is 0 Å². The number of rotatable bonds is 4. The quantitative estimate of drug-likeness (QED) is 0.499. The van der Waals surface area contributed by atoms with E-state index in [2.05, 4.69) is 51.9 Å². The lowest BCUT2D eigenvalue weighted by atomic mass is 9.89. The molecule has 1 fully saturated rings. The lowest BCUT2D eigenvalue weighted by Crippen LogP contribution is -2.38. The van der Waals surface area contributed by atoms with Gasteiger partial charge in [-0.05, 0) is 41.8 Å². The molecule has 28 heavy (non-hydrogen) atoms. The Kier molecular flexibility index (Phi) is 4.74. The minimum Gasteiger partial charge on any atom is -0.361 e. The van der Waals surface area contributed by atoms with E-state index in [-0.39, 0.29) is 5.91 Å². The number of piperidine rings is 1. The molecule has 4 nitrogen and oxygen atoms in total. The van der Waals surface area contributed by atoms with Gasteiger partial charge in [0, 0.05) is 35.6 Å². The van der Waals surface area contributed by atoms with E-state index in [4.69, 9.17) is 0 Å². The van der Waals surface area contributed by atoms with Crippen molar-refractivity contribution < 1.29 is 4.79 Å². The maximum atomic E-state index is 12.8. The number of hydrogen-bond acceptors (Lipinski definition) is 4. The normalized spacial score (nSPS) is 15.4. The summed E-state index contributed by atoms with van der Waals surface area (Å²) in [5, 5.41) is 6.40. The summed E-state index contributed by atoms with van der Waals surface area (Å²) in [6.45, 7) is 1.65. The topological polar surface area (TPSA) is 49.0 Å². The van der Waals surface area contributed by atoms with Crippen molar-refractivity contribution in [3.05, 3.63) is 64.6 Å². The van der Waals surface area contributed by atoms with E-state index in [9.17, 15) is 4.79 Å². The maximum absolute atomic E-state index is 12.8. The molecule has 1 amide bonds. The third kappa shape index (κ3) is 3.38. The van der Waals surface area contributed by atoms with Gasteiger partial charge in [0.05, 0.1) is 17.0 Å². The molecule has 3 aromatic heterocycles. The summed E-state index contributed by atoms with van der Waals surface area (Å²) in [5.74, 6) is 0.713. The number of hydrogen-bond donors (Lipinski definition) is 1. The van der Waals surface area contributed by atoms with Gasteiger partial charge >= 0.3 is 0 Å². The van der Waals surface area contributed by atoms with Crippen LogP contribution in [0.5, 0.6) is 0 Å². The number of para-hydroxylation sites is 1. The minimum absolute atomic E-state index is 0.195. The molecule has 4 heterocycles. The van der Waals surface area contributed by atoms with Gasteiger partial charge in [0.2, 0.25) is 5.91 Å². The van der Waals surface area contributed by atoms with Gasteiger partial charge in [-0.25, -0.2) is 4.98 Å². The fraction of sp³-hybridized carbons (Fsp3) is 0.273. The minimum atomic E-state index is 0.195. The number of carbonyl (C=O) groups excluding carboxylic acids is 1. The highest BCUT2D eigenvalue weighted by Gasteiger charge is 2.25. The first-order valence-electron chi connectivity index (χ1n) is 9.60. The number of amides is 1. The van der Waals surface area contributed by atoms with E-state index in [0.29, 0.717) is 12.3 Å². The second kappa shape index (κ2) is 7.53. The Labute approximate surface area is 171 Å². The molecule has 0 aliphatic carbocycles. The maximum Gasteiger partial charge on any atom is 0.228 e. The van der Waals surface area contributed by atoms with Gasteiger partial charge in [-0.3, -0.25) is 4.79 Å². The predicted octanol–water partition coefficient (Wildman–Crippen LogP) is 5.30. The van der Waals surface area contributed by atoms with Crippen molar-refractivity contribution in [3.8, 4) is 9.88 Å². The molecule has 6 heteroatoms. The van der Waals surface area contributed by atoms with Crippen LogP contribution in [0.3, 0.4) is 0 Å². The highest BCUT2D eigenvalue weighted by atomic mass is 32.1. The number of nitrogens with one attached hydrogen (secondary N) is 1. The Morgan fingerprint density at radius 3 is 2.82 bits per heavy atom. The molecule has 0 radical (unpaired) electrons. The van der Waals surface area contributed by atoms with Gasteiger partial charge in [0.15, 0.2) is 0 Å². The molecule has 1 saturated heterocycles. The number of fused-ring (bicyclic) bond motifs is 1. The largest absolute Gasteiger partial charge is 0.361 e. The molecule has 5 rings (SSSR count). The standard InChI is InChI=1S/C22H21N3OS2/c26-21(12-16-14-28-22(24-16)20-6-3-11-27-20)25-9-7-15(8-10-25)18-13-23-19-5-2-1-4-17(18)19/h1-6,11,13-15,23H,7-10,12H2. The van der Waals surface area contributed by atoms with Crippen LogP contribution in [0.4, 0.5) is 0 Å². The first-order chi connectivity index (χ1) is 13.8. The van der Waals surface area contributed by atoms with Gasteiger partial charge in [-0.2, -0.15) is 0 Å². The molecule has 1 aliphatic heterocycles. The van der Waals surface area contributed by atoms with Crippen LogP contribution in [0.1, 0.15) is 30.0 Å². The van der Waals surface area contributed by atoms with Crippen LogP contribution in [-0.4, -0.2) is 33.9 Å². The number of thiophene rings is 1. The summed E-state index contributed by atoms with van der Waals surface area (Å²) < 4.78 is 0. The summed E-state index contributed by atoms with van der Waals surface area (Å²) in [6.07, 6.45) is 4.59. The van der Waals surface area contributed by atoms with Crippen molar-refractivity contribution >= 4 is 39.5 Å². The van der Waals surface area contributed by atoms with Crippen LogP contribution < -0.4 is 0 Å². The molecule has 1 N–H and O–H groups in total. The molecule has 0 atom stereocenters. The third-order valence-electron chi connectivity index (χ3n) is 5.52. The second-order valence-electron chi connectivity index (χ2n) is 7.24. The Balaban J connectivity index is 1.21. The summed E-state index contributed by atoms with van der Waals surface area (Å²) >= 11 is 3.31. The number of nitrogens with zero attached hydrogens (tertiary/aromatic N) is 2. The van der Waals surface area contributed by atoms with Crippen molar-refractivity contribution in [3.63, 3.8) is 0 Å². The third-order valence-corrected chi connectivity index (χ3v) is 7.45. The summed E-state index contributed by atoms with van der Waals surface area (Å²) in [4.78, 5) is 24.0. The van der Waals surface area contributed by atoms with Gasteiger partial charge in [0.25, 0.3) is 0 Å². The molecule has 0 spiro atoms. The van der Waals surface area contributed by atoms with E-state index in [1.165, 1.54) is 21.3 Å². The van der Waals surface area contributed by atoms with Gasteiger partial charge in [0.1, 0.15) is 5.01 Å². The van der Waals surface area contributed by atoms with E-state index in [0.717, 1.165) is 36.6 Å². The van der Waals surface area contributed by atoms with Crippen LogP contribution in [-0.2, 0) is 11.2 Å². The van der Waals surface area contributed by atoms with Crippen LogP contribution in [0.15, 0.2) is 53.4 Å². The summed E-state index contributed by atoms with van der Waals surface area (Å²) in [5.41, 5.74) is 3.47. The monoisotopic (exact) mass is 407 g/mol. The average Bonchev–Trinajstić information content (AvgIpc) is 3.48. The van der Waals surface area contributed by atoms with Gasteiger partial charge in [-0.15, -0.1) is 22.7 Å². The Morgan fingerprint density at radius 1 is 1.14 bits per heavy atom. The molecule has 1 aromatic carbocycles. The average molecular weight is 408 g/mol. The molecule has 1 aliphatic rings. The summed E-state index contributed by atoms with van der Waals surface area (Å²) in [7, 11) is 0. The second-order valence-corrected chi connectivity index (χ2v) is 9.05. The number of benzene rings is 1. The SMILES string of the molecule is O=C(Cc1csc(-c2cccs2)n1)N1CCC(c2c[nH]c3ccccc23)CC1. The first-order valence-corrected chi connectivity index (χ1v) is 11.4. The van der Waals surface area contributed by atoms with Crippen LogP contribution in [0.25, 0.3) is 20.8 Å². The zero-order valence-electron chi connectivity index (χ0n) is 15.4. The van der Waals surface area contributed by atoms with Gasteiger partial charge < -0.3 is 9.88 Å². The molecule has 4 aromatic rings. The molecule has 0 unspecified atom stereocenters. The van der Waals surface area contributed by atoms with Crippen molar-refractivity contribution in [2.45, 2.75) is 25.2 Å². The van der Waals surface area contributed by atoms with E-state index in [1.54, 1.807) is 22.7 Å². The molecular formula is C22H21N3OS2. The predicted molar refractivity (Wildman–Crippen MR) is 116 cm³/mol. The van der Waals surface area contributed by atoms with E-state index in [1.807, 2.05) is 16.3 Å². The number of H-pyrrole nitrogens is 1. The number of likely N-dealkylation sites (tertiary alicyclic amines) is 1. The van der Waals surface area contributed by atoms with Crippen molar-refractivity contribution in [1.29, 1.82) is 0 Å². The highest BCUT2D eigenvalue weighted by Crippen LogP contribution is 2.33. The van der Waals surface area contributed by atoms with Gasteiger partial charge in [-0.1, -0.05) is 24.3 Å². The number of thiazole rings is 1. The molecule has 0 saturated carbocycles. The highest BCUT2D eigenvalue weighted by molar-refractivity contribution is 7.20. The zero-order chi connectivity index (χ0) is 18.9. The fourth-order valence-electron chi connectivity index (χ4n) is 4.04. The number of carbonyl (C=O) groups is 1. The van der Waals surface area contributed by atoms with E-state index >= 15 is 0 Å². The zero-order valence-corrected chi connectivity index (χ0v) is 17.1. The smallest absolute Gasteiger partial charge is 0.228 e. The van der Waals surface area contributed by atoms with Crippen LogP contribution in [0, 0.1) is 0 Å². The number of aromatic amines is 1. The Bertz CT molecular complexity index is 1090. The lowest BCUT2D eigenvalue weighted by molar-refractivity contribution is -0.131. The summed E-state index contributed by atoms with van der Waals surface area (Å²) in [6, 6.07) is 12.6. The molecule has 142 valence electrons. The van der Waals surface area contributed by atoms with Crippen LogP contribution >= 0.6 is 22.7 Å². The lowest BCUT2D eigenvalue weighted by Gasteiger charge is -2.32. The Hall–Kier alpha value is -2.44. The van der Waals surface area contributed by atoms with Crippen LogP contribution in [0.2, 0.25) is 0 Å². The molecule has 0 bridgehead atoms. The van der Waals surface area contributed by atoms with Crippen molar-refractivity contribution in [2.24, 2.45) is 0 Å². The molecular weight excluding hydrogens is 386 g/mol. The fourth-order valence-corrected chi connectivity index (χ4v) is 5.67. The first kappa shape index (κ1) is 17.6.